The number of nitrogens with zero attached hydrogens (tertiary/aromatic N) is 1. The zero-order valence-corrected chi connectivity index (χ0v) is 12.3. The first-order valence-electron chi connectivity index (χ1n) is 6.44. The number of hydrogen-bond donors (Lipinski definition) is 1. The Bertz CT molecular complexity index is 405. The first-order chi connectivity index (χ1) is 9.60. The summed E-state index contributed by atoms with van der Waals surface area (Å²) >= 11 is 0. The summed E-state index contributed by atoms with van der Waals surface area (Å²) in [5.74, 6) is -2.26. The molecule has 0 heterocycles. The Morgan fingerprint density at radius 3 is 2.19 bits per heavy atom. The van der Waals surface area contributed by atoms with Gasteiger partial charge in [0.1, 0.15) is 6.54 Å². The molecule has 0 saturated heterocycles. The minimum Gasteiger partial charge on any atom is -0.478 e. The summed E-state index contributed by atoms with van der Waals surface area (Å²) in [7, 11) is 0. The summed E-state index contributed by atoms with van der Waals surface area (Å²) in [6.07, 6.45) is -4.30. The molecule has 0 aliphatic rings. The lowest BCUT2D eigenvalue weighted by molar-refractivity contribution is -0.159. The van der Waals surface area contributed by atoms with Gasteiger partial charge in [0.05, 0.1) is 0 Å². The topological polar surface area (TPSA) is 66.8 Å². The van der Waals surface area contributed by atoms with Gasteiger partial charge in [-0.15, -0.1) is 0 Å². The summed E-state index contributed by atoms with van der Waals surface area (Å²) in [6, 6.07) is 0. The van der Waals surface area contributed by atoms with E-state index in [4.69, 9.17) is 9.84 Å². The predicted molar refractivity (Wildman–Crippen MR) is 69.8 cm³/mol. The van der Waals surface area contributed by atoms with E-state index in [2.05, 4.69) is 0 Å². The van der Waals surface area contributed by atoms with E-state index < -0.39 is 24.6 Å². The number of alkyl halides is 3. The van der Waals surface area contributed by atoms with Gasteiger partial charge < -0.3 is 14.7 Å². The van der Waals surface area contributed by atoms with E-state index in [1.54, 1.807) is 6.92 Å². The molecule has 0 aromatic heterocycles. The van der Waals surface area contributed by atoms with Crippen molar-refractivity contribution in [2.75, 3.05) is 26.3 Å². The number of carboxylic acids is 1. The molecular formula is C13H20F3NO4. The van der Waals surface area contributed by atoms with Crippen LogP contribution >= 0.6 is 0 Å². The number of ether oxygens (including phenoxy) is 1. The lowest BCUT2D eigenvalue weighted by atomic mass is 10.1. The molecule has 0 unspecified atom stereocenters. The van der Waals surface area contributed by atoms with Crippen molar-refractivity contribution in [2.24, 2.45) is 0 Å². The minimum atomic E-state index is -4.54. The average Bonchev–Trinajstić information content (AvgIpc) is 2.38. The van der Waals surface area contributed by atoms with Gasteiger partial charge in [0.25, 0.3) is 0 Å². The standard InChI is InChI=1S/C13H20F3NO4/c1-4-21-7-5-6-17(8-13(14,15)16)11(18)9(2)10(3)12(19)20/h4-8H2,1-3H3,(H,19,20). The zero-order valence-electron chi connectivity index (χ0n) is 12.3. The number of halogens is 3. The molecule has 0 saturated carbocycles. The van der Waals surface area contributed by atoms with Crippen LogP contribution < -0.4 is 0 Å². The van der Waals surface area contributed by atoms with Crippen LogP contribution in [0.25, 0.3) is 0 Å². The maximum absolute atomic E-state index is 12.5. The number of carbonyl (C=O) groups is 2. The van der Waals surface area contributed by atoms with E-state index in [9.17, 15) is 22.8 Å². The number of amides is 1. The van der Waals surface area contributed by atoms with Crippen LogP contribution in [0.5, 0.6) is 0 Å². The fraction of sp³-hybridized carbons (Fsp3) is 0.692. The molecule has 0 atom stereocenters. The van der Waals surface area contributed by atoms with Gasteiger partial charge in [-0.1, -0.05) is 0 Å². The Hall–Kier alpha value is -1.57. The van der Waals surface area contributed by atoms with Crippen molar-refractivity contribution in [3.05, 3.63) is 11.1 Å². The van der Waals surface area contributed by atoms with Crippen LogP contribution in [0.3, 0.4) is 0 Å². The number of hydrogen-bond acceptors (Lipinski definition) is 3. The van der Waals surface area contributed by atoms with Crippen molar-refractivity contribution < 1.29 is 32.6 Å². The molecule has 21 heavy (non-hydrogen) atoms. The molecular weight excluding hydrogens is 291 g/mol. The van der Waals surface area contributed by atoms with Gasteiger partial charge in [0, 0.05) is 30.9 Å². The van der Waals surface area contributed by atoms with Gasteiger partial charge in [-0.25, -0.2) is 4.79 Å². The number of carboxylic acid groups (broad SMARTS) is 1. The number of aliphatic carboxylic acids is 1. The van der Waals surface area contributed by atoms with Crippen LogP contribution in [0.1, 0.15) is 27.2 Å². The highest BCUT2D eigenvalue weighted by Gasteiger charge is 2.33. The molecule has 0 fully saturated rings. The normalized spacial score (nSPS) is 12.9. The second kappa shape index (κ2) is 8.66. The van der Waals surface area contributed by atoms with Crippen molar-refractivity contribution in [2.45, 2.75) is 33.4 Å². The molecule has 0 aliphatic heterocycles. The van der Waals surface area contributed by atoms with Crippen LogP contribution in [0.4, 0.5) is 13.2 Å². The van der Waals surface area contributed by atoms with Crippen LogP contribution in [0, 0.1) is 0 Å². The van der Waals surface area contributed by atoms with Gasteiger partial charge in [-0.2, -0.15) is 13.2 Å². The van der Waals surface area contributed by atoms with Crippen LogP contribution in [0.15, 0.2) is 11.1 Å². The molecule has 1 amide bonds. The second-order valence-corrected chi connectivity index (χ2v) is 4.45. The Morgan fingerprint density at radius 1 is 1.19 bits per heavy atom. The summed E-state index contributed by atoms with van der Waals surface area (Å²) in [6.45, 7) is 3.24. The van der Waals surface area contributed by atoms with Crippen molar-refractivity contribution >= 4 is 11.9 Å². The van der Waals surface area contributed by atoms with E-state index in [0.29, 0.717) is 11.5 Å². The van der Waals surface area contributed by atoms with Gasteiger partial charge in [-0.05, 0) is 27.2 Å². The van der Waals surface area contributed by atoms with Crippen molar-refractivity contribution in [3.63, 3.8) is 0 Å². The summed E-state index contributed by atoms with van der Waals surface area (Å²) in [5, 5.41) is 8.79. The van der Waals surface area contributed by atoms with Gasteiger partial charge in [0.15, 0.2) is 0 Å². The minimum absolute atomic E-state index is 0.150. The van der Waals surface area contributed by atoms with Crippen LogP contribution in [-0.2, 0) is 14.3 Å². The Labute approximate surface area is 121 Å². The highest BCUT2D eigenvalue weighted by atomic mass is 19.4. The number of rotatable bonds is 8. The largest absolute Gasteiger partial charge is 0.478 e. The lowest BCUT2D eigenvalue weighted by Crippen LogP contribution is -2.40. The Balaban J connectivity index is 4.98. The lowest BCUT2D eigenvalue weighted by Gasteiger charge is -2.24. The molecule has 8 heteroatoms. The van der Waals surface area contributed by atoms with Crippen molar-refractivity contribution in [3.8, 4) is 0 Å². The van der Waals surface area contributed by atoms with Crippen molar-refractivity contribution in [1.82, 2.24) is 4.90 Å². The zero-order chi connectivity index (χ0) is 16.6. The highest BCUT2D eigenvalue weighted by molar-refractivity contribution is 6.01. The summed E-state index contributed by atoms with van der Waals surface area (Å²) in [4.78, 5) is 23.4. The molecule has 5 nitrogen and oxygen atoms in total. The second-order valence-electron chi connectivity index (χ2n) is 4.45. The third kappa shape index (κ3) is 7.69. The van der Waals surface area contributed by atoms with E-state index >= 15 is 0 Å². The molecule has 1 N–H and O–H groups in total. The van der Waals surface area contributed by atoms with Crippen LogP contribution in [0.2, 0.25) is 0 Å². The van der Waals surface area contributed by atoms with E-state index in [-0.39, 0.29) is 30.7 Å². The SMILES string of the molecule is CCOCCCN(CC(F)(F)F)C(=O)C(C)=C(C)C(=O)O. The fourth-order valence-electron chi connectivity index (χ4n) is 1.53. The van der Waals surface area contributed by atoms with Gasteiger partial charge in [-0.3, -0.25) is 4.79 Å². The quantitative estimate of drug-likeness (QED) is 0.551. The molecule has 0 aromatic carbocycles. The third-order valence-electron chi connectivity index (χ3n) is 2.78. The smallest absolute Gasteiger partial charge is 0.406 e. The molecule has 0 rings (SSSR count). The highest BCUT2D eigenvalue weighted by Crippen LogP contribution is 2.19. The fourth-order valence-corrected chi connectivity index (χ4v) is 1.53. The third-order valence-corrected chi connectivity index (χ3v) is 2.78. The summed E-state index contributed by atoms with van der Waals surface area (Å²) < 4.78 is 42.5. The number of carbonyl (C=O) groups excluding carboxylic acids is 1. The summed E-state index contributed by atoms with van der Waals surface area (Å²) in [5.41, 5.74) is -0.472. The van der Waals surface area contributed by atoms with E-state index in [1.165, 1.54) is 13.8 Å². The molecule has 122 valence electrons. The monoisotopic (exact) mass is 311 g/mol. The van der Waals surface area contributed by atoms with E-state index in [0.717, 1.165) is 0 Å². The van der Waals surface area contributed by atoms with Crippen LogP contribution in [-0.4, -0.2) is 54.4 Å². The first-order valence-corrected chi connectivity index (χ1v) is 6.44. The maximum atomic E-state index is 12.5. The van der Waals surface area contributed by atoms with Gasteiger partial charge >= 0.3 is 12.1 Å². The molecule has 0 spiro atoms. The van der Waals surface area contributed by atoms with Crippen molar-refractivity contribution in [1.29, 1.82) is 0 Å². The first kappa shape index (κ1) is 19.4. The molecule has 0 radical (unpaired) electrons. The Morgan fingerprint density at radius 2 is 1.76 bits per heavy atom. The molecule has 0 aliphatic carbocycles. The van der Waals surface area contributed by atoms with Gasteiger partial charge in [0.2, 0.25) is 5.91 Å². The predicted octanol–water partition coefficient (Wildman–Crippen LogP) is 2.22. The van der Waals surface area contributed by atoms with E-state index in [1.807, 2.05) is 0 Å². The average molecular weight is 311 g/mol. The maximum Gasteiger partial charge on any atom is 0.406 e. The molecule has 0 bridgehead atoms. The Kier molecular flexibility index (Phi) is 8.01. The molecule has 0 aromatic rings.